The van der Waals surface area contributed by atoms with Gasteiger partial charge in [0.25, 0.3) is 0 Å². The summed E-state index contributed by atoms with van der Waals surface area (Å²) in [5, 5.41) is 9.81. The minimum atomic E-state index is -0.435. The van der Waals surface area contributed by atoms with Crippen molar-refractivity contribution in [2.45, 2.75) is 50.8 Å². The quantitative estimate of drug-likeness (QED) is 0.918. The molecule has 4 heteroatoms. The Bertz CT molecular complexity index is 448. The van der Waals surface area contributed by atoms with Gasteiger partial charge in [-0.25, -0.2) is 0 Å². The average molecular weight is 275 g/mol. The maximum Gasteiger partial charge on any atom is 0.0957 e. The molecule has 1 N–H and O–H groups in total. The molecule has 0 radical (unpaired) electrons. The molecule has 1 aromatic heterocycles. The van der Waals surface area contributed by atoms with Crippen LogP contribution in [0.15, 0.2) is 18.3 Å². The van der Waals surface area contributed by atoms with Gasteiger partial charge in [0.2, 0.25) is 0 Å². The lowest BCUT2D eigenvalue weighted by atomic mass is 10.1. The molecule has 0 spiro atoms. The van der Waals surface area contributed by atoms with Gasteiger partial charge in [0, 0.05) is 25.2 Å². The highest BCUT2D eigenvalue weighted by atomic mass is 16.3. The zero-order valence-corrected chi connectivity index (χ0v) is 12.5. The molecule has 3 heterocycles. The van der Waals surface area contributed by atoms with Crippen molar-refractivity contribution in [2.24, 2.45) is 0 Å². The fourth-order valence-electron chi connectivity index (χ4n) is 3.53. The molecule has 0 aromatic carbocycles. The minimum Gasteiger partial charge on any atom is -0.387 e. The van der Waals surface area contributed by atoms with E-state index in [0.29, 0.717) is 12.5 Å². The van der Waals surface area contributed by atoms with Crippen LogP contribution in [0.5, 0.6) is 0 Å². The smallest absolute Gasteiger partial charge is 0.0957 e. The van der Waals surface area contributed by atoms with Crippen molar-refractivity contribution in [1.29, 1.82) is 0 Å². The van der Waals surface area contributed by atoms with Crippen LogP contribution in [0.4, 0.5) is 5.69 Å². The van der Waals surface area contributed by atoms with Gasteiger partial charge in [-0.15, -0.1) is 0 Å². The molecule has 2 unspecified atom stereocenters. The molecule has 4 nitrogen and oxygen atoms in total. The summed E-state index contributed by atoms with van der Waals surface area (Å²) in [7, 11) is 2.27. The predicted molar refractivity (Wildman–Crippen MR) is 80.9 cm³/mol. The number of pyridine rings is 1. The van der Waals surface area contributed by atoms with Gasteiger partial charge in [0.05, 0.1) is 23.7 Å². The van der Waals surface area contributed by atoms with Gasteiger partial charge in [-0.05, 0) is 44.9 Å². The van der Waals surface area contributed by atoms with Crippen molar-refractivity contribution in [2.75, 3.05) is 25.0 Å². The van der Waals surface area contributed by atoms with E-state index >= 15 is 0 Å². The Balaban J connectivity index is 1.73. The lowest BCUT2D eigenvalue weighted by Gasteiger charge is -2.27. The first-order valence-electron chi connectivity index (χ1n) is 7.80. The molecule has 20 heavy (non-hydrogen) atoms. The molecular weight excluding hydrogens is 250 g/mol. The summed E-state index contributed by atoms with van der Waals surface area (Å²) >= 11 is 0. The Morgan fingerprint density at radius 1 is 1.30 bits per heavy atom. The van der Waals surface area contributed by atoms with Crippen LogP contribution in [0, 0.1) is 0 Å². The van der Waals surface area contributed by atoms with Gasteiger partial charge in [0.1, 0.15) is 0 Å². The molecular formula is C16H25N3O. The molecule has 3 atom stereocenters. The fraction of sp³-hybridized carbons (Fsp3) is 0.688. The maximum atomic E-state index is 9.81. The van der Waals surface area contributed by atoms with Crippen LogP contribution < -0.4 is 4.90 Å². The van der Waals surface area contributed by atoms with Crippen LogP contribution in [0.1, 0.15) is 44.4 Å². The van der Waals surface area contributed by atoms with Crippen LogP contribution in [-0.4, -0.2) is 47.2 Å². The lowest BCUT2D eigenvalue weighted by molar-refractivity contribution is 0.169. The number of hydrogen-bond acceptors (Lipinski definition) is 4. The second-order valence-electron chi connectivity index (χ2n) is 6.15. The second-order valence-corrected chi connectivity index (χ2v) is 6.15. The second kappa shape index (κ2) is 5.70. The molecule has 2 saturated heterocycles. The van der Waals surface area contributed by atoms with E-state index in [4.69, 9.17) is 0 Å². The van der Waals surface area contributed by atoms with E-state index in [1.807, 2.05) is 19.2 Å². The van der Waals surface area contributed by atoms with E-state index < -0.39 is 6.10 Å². The third kappa shape index (κ3) is 2.54. The standard InChI is InChI=1S/C16H25N3O/c1-3-16(20)15-7-6-13(10-17-15)19-9-8-12-4-5-14(11-19)18(12)2/h6-7,10,12,14,16,20H,3-5,8-9,11H2,1-2H3/t12?,14?,16-/m1/s1. The largest absolute Gasteiger partial charge is 0.387 e. The van der Waals surface area contributed by atoms with Crippen LogP contribution in [0.25, 0.3) is 0 Å². The fourth-order valence-corrected chi connectivity index (χ4v) is 3.53. The van der Waals surface area contributed by atoms with E-state index in [9.17, 15) is 5.11 Å². The molecule has 3 rings (SSSR count). The predicted octanol–water partition coefficient (Wildman–Crippen LogP) is 2.20. The van der Waals surface area contributed by atoms with E-state index in [1.165, 1.54) is 24.9 Å². The third-order valence-corrected chi connectivity index (χ3v) is 5.01. The highest BCUT2D eigenvalue weighted by Gasteiger charge is 2.34. The Hall–Kier alpha value is -1.13. The van der Waals surface area contributed by atoms with Crippen molar-refractivity contribution in [1.82, 2.24) is 9.88 Å². The molecule has 2 aliphatic heterocycles. The van der Waals surface area contributed by atoms with E-state index in [-0.39, 0.29) is 0 Å². The number of anilines is 1. The first kappa shape index (κ1) is 13.8. The molecule has 0 amide bonds. The van der Waals surface area contributed by atoms with Gasteiger partial charge >= 0.3 is 0 Å². The molecule has 1 aromatic rings. The summed E-state index contributed by atoms with van der Waals surface area (Å²) in [4.78, 5) is 9.44. The topological polar surface area (TPSA) is 39.6 Å². The number of aromatic nitrogens is 1. The number of likely N-dealkylation sites (N-methyl/N-ethyl adjacent to an activating group) is 1. The molecule has 110 valence electrons. The van der Waals surface area contributed by atoms with Crippen LogP contribution >= 0.6 is 0 Å². The molecule has 2 fully saturated rings. The van der Waals surface area contributed by atoms with Gasteiger partial charge < -0.3 is 10.0 Å². The van der Waals surface area contributed by atoms with Gasteiger partial charge in [0.15, 0.2) is 0 Å². The Kier molecular flexibility index (Phi) is 3.94. The first-order chi connectivity index (χ1) is 9.69. The van der Waals surface area contributed by atoms with E-state index in [2.05, 4.69) is 27.9 Å². The highest BCUT2D eigenvalue weighted by Crippen LogP contribution is 2.30. The Morgan fingerprint density at radius 2 is 2.10 bits per heavy atom. The molecule has 0 saturated carbocycles. The number of aliphatic hydroxyl groups excluding tert-OH is 1. The van der Waals surface area contributed by atoms with E-state index in [1.54, 1.807) is 0 Å². The van der Waals surface area contributed by atoms with Crippen molar-refractivity contribution in [3.8, 4) is 0 Å². The zero-order chi connectivity index (χ0) is 14.1. The lowest BCUT2D eigenvalue weighted by Crippen LogP contribution is -2.36. The van der Waals surface area contributed by atoms with Gasteiger partial charge in [-0.2, -0.15) is 0 Å². The third-order valence-electron chi connectivity index (χ3n) is 5.01. The first-order valence-corrected chi connectivity index (χ1v) is 7.80. The summed E-state index contributed by atoms with van der Waals surface area (Å²) in [6.45, 7) is 4.19. The number of hydrogen-bond donors (Lipinski definition) is 1. The van der Waals surface area contributed by atoms with Crippen molar-refractivity contribution in [3.63, 3.8) is 0 Å². The molecule has 2 bridgehead atoms. The number of fused-ring (bicyclic) bond motifs is 2. The summed E-state index contributed by atoms with van der Waals surface area (Å²) in [6.07, 6.45) is 6.12. The van der Waals surface area contributed by atoms with E-state index in [0.717, 1.165) is 24.8 Å². The summed E-state index contributed by atoms with van der Waals surface area (Å²) in [5.41, 5.74) is 1.97. The Morgan fingerprint density at radius 3 is 2.80 bits per heavy atom. The summed E-state index contributed by atoms with van der Waals surface area (Å²) in [6, 6.07) is 5.53. The number of rotatable bonds is 3. The zero-order valence-electron chi connectivity index (χ0n) is 12.5. The molecule has 2 aliphatic rings. The van der Waals surface area contributed by atoms with Crippen LogP contribution in [0.2, 0.25) is 0 Å². The van der Waals surface area contributed by atoms with Gasteiger partial charge in [-0.1, -0.05) is 6.92 Å². The van der Waals surface area contributed by atoms with Crippen molar-refractivity contribution < 1.29 is 5.11 Å². The van der Waals surface area contributed by atoms with Gasteiger partial charge in [-0.3, -0.25) is 9.88 Å². The normalized spacial score (nSPS) is 28.4. The number of nitrogens with zero attached hydrogens (tertiary/aromatic N) is 3. The maximum absolute atomic E-state index is 9.81. The van der Waals surface area contributed by atoms with Crippen LogP contribution in [0.3, 0.4) is 0 Å². The van der Waals surface area contributed by atoms with Crippen LogP contribution in [-0.2, 0) is 0 Å². The summed E-state index contributed by atoms with van der Waals surface area (Å²) < 4.78 is 0. The molecule has 0 aliphatic carbocycles. The highest BCUT2D eigenvalue weighted by molar-refractivity contribution is 5.45. The van der Waals surface area contributed by atoms with Crippen molar-refractivity contribution in [3.05, 3.63) is 24.0 Å². The number of aliphatic hydroxyl groups is 1. The average Bonchev–Trinajstić information content (AvgIpc) is 2.72. The Labute approximate surface area is 121 Å². The summed E-state index contributed by atoms with van der Waals surface area (Å²) in [5.74, 6) is 0. The minimum absolute atomic E-state index is 0.435. The van der Waals surface area contributed by atoms with Crippen molar-refractivity contribution >= 4 is 5.69 Å². The monoisotopic (exact) mass is 275 g/mol. The SMILES string of the molecule is CC[C@@H](O)c1ccc(N2CCC3CCC(C2)N3C)cn1.